The molecule has 3 aromatic rings. The number of hydrogen-bond donors (Lipinski definition) is 1. The zero-order valence-corrected chi connectivity index (χ0v) is 16.4. The van der Waals surface area contributed by atoms with Gasteiger partial charge in [-0.2, -0.15) is 0 Å². The van der Waals surface area contributed by atoms with Gasteiger partial charge in [-0.25, -0.2) is 9.97 Å². The van der Waals surface area contributed by atoms with Crippen LogP contribution in [0.25, 0.3) is 0 Å². The fourth-order valence-corrected chi connectivity index (χ4v) is 4.23. The number of aryl methyl sites for hydroxylation is 2. The minimum absolute atomic E-state index is 0.118. The third kappa shape index (κ3) is 4.09. The van der Waals surface area contributed by atoms with Crippen molar-refractivity contribution < 1.29 is 4.79 Å². The van der Waals surface area contributed by atoms with Crippen molar-refractivity contribution in [3.8, 4) is 0 Å². The molecule has 1 aromatic carbocycles. The lowest BCUT2D eigenvalue weighted by Crippen LogP contribution is -2.23. The molecule has 1 amide bonds. The summed E-state index contributed by atoms with van der Waals surface area (Å²) in [7, 11) is 1.99. The van der Waals surface area contributed by atoms with Gasteiger partial charge in [0.2, 0.25) is 0 Å². The summed E-state index contributed by atoms with van der Waals surface area (Å²) in [5, 5.41) is 5.64. The topological polar surface area (TPSA) is 63.1 Å². The van der Waals surface area contributed by atoms with Crippen molar-refractivity contribution in [1.82, 2.24) is 19.4 Å². The molecule has 6 nitrogen and oxygen atoms in total. The van der Waals surface area contributed by atoms with Crippen molar-refractivity contribution in [2.24, 2.45) is 7.05 Å². The quantitative estimate of drug-likeness (QED) is 0.731. The molecule has 4 rings (SSSR count). The average Bonchev–Trinajstić information content (AvgIpc) is 3.37. The van der Waals surface area contributed by atoms with Gasteiger partial charge in [0.1, 0.15) is 0 Å². The maximum absolute atomic E-state index is 12.4. The van der Waals surface area contributed by atoms with E-state index in [2.05, 4.69) is 26.8 Å². The van der Waals surface area contributed by atoms with Gasteiger partial charge in [0, 0.05) is 30.7 Å². The van der Waals surface area contributed by atoms with Gasteiger partial charge in [-0.05, 0) is 38.4 Å². The minimum atomic E-state index is -0.118. The van der Waals surface area contributed by atoms with Crippen LogP contribution in [-0.4, -0.2) is 31.9 Å². The lowest BCUT2D eigenvalue weighted by atomic mass is 10.1. The first-order valence-electron chi connectivity index (χ1n) is 9.13. The standard InChI is InChI=1S/C20H23N5OS/c1-14-5-7-15(8-6-14)19(26)23-20-22-17(12-27-20)18-4-3-9-25(18)11-16-10-24(2)13-21-16/h5-8,10,12-13,18H,3-4,9,11H2,1-2H3,(H,22,23,26)/t18-/m0/s1. The molecule has 7 heteroatoms. The molecular formula is C20H23N5OS. The molecule has 1 atom stereocenters. The van der Waals surface area contributed by atoms with Gasteiger partial charge in [0.25, 0.3) is 5.91 Å². The molecule has 0 aliphatic carbocycles. The number of nitrogens with zero attached hydrogens (tertiary/aromatic N) is 4. The molecule has 0 saturated carbocycles. The van der Waals surface area contributed by atoms with Crippen LogP contribution in [0.4, 0.5) is 5.13 Å². The largest absolute Gasteiger partial charge is 0.340 e. The van der Waals surface area contributed by atoms with Gasteiger partial charge in [0.15, 0.2) is 5.13 Å². The maximum atomic E-state index is 12.4. The molecule has 1 N–H and O–H groups in total. The molecule has 0 spiro atoms. The van der Waals surface area contributed by atoms with E-state index in [-0.39, 0.29) is 11.9 Å². The normalized spacial score (nSPS) is 17.3. The number of nitrogens with one attached hydrogen (secondary N) is 1. The van der Waals surface area contributed by atoms with Crippen molar-refractivity contribution in [2.75, 3.05) is 11.9 Å². The molecule has 0 bridgehead atoms. The molecule has 3 heterocycles. The zero-order chi connectivity index (χ0) is 18.8. The predicted molar refractivity (Wildman–Crippen MR) is 107 cm³/mol. The van der Waals surface area contributed by atoms with Crippen LogP contribution in [0.15, 0.2) is 42.2 Å². The number of hydrogen-bond acceptors (Lipinski definition) is 5. The Labute approximate surface area is 162 Å². The lowest BCUT2D eigenvalue weighted by molar-refractivity contribution is 0.102. The summed E-state index contributed by atoms with van der Waals surface area (Å²) >= 11 is 1.49. The van der Waals surface area contributed by atoms with E-state index in [0.717, 1.165) is 42.9 Å². The smallest absolute Gasteiger partial charge is 0.257 e. The number of anilines is 1. The highest BCUT2D eigenvalue weighted by Gasteiger charge is 2.28. The summed E-state index contributed by atoms with van der Waals surface area (Å²) < 4.78 is 1.97. The summed E-state index contributed by atoms with van der Waals surface area (Å²) in [4.78, 5) is 23.9. The summed E-state index contributed by atoms with van der Waals surface area (Å²) in [5.74, 6) is -0.118. The Bertz CT molecular complexity index is 930. The van der Waals surface area contributed by atoms with Gasteiger partial charge in [-0.1, -0.05) is 17.7 Å². The maximum Gasteiger partial charge on any atom is 0.257 e. The monoisotopic (exact) mass is 381 g/mol. The fourth-order valence-electron chi connectivity index (χ4n) is 3.48. The van der Waals surface area contributed by atoms with Gasteiger partial charge in [-0.15, -0.1) is 11.3 Å². The molecule has 0 radical (unpaired) electrons. The van der Waals surface area contributed by atoms with Crippen LogP contribution in [0.2, 0.25) is 0 Å². The SMILES string of the molecule is Cc1ccc(C(=O)Nc2nc([C@@H]3CCCN3Cc3cn(C)cn3)cs2)cc1. The number of amides is 1. The summed E-state index contributed by atoms with van der Waals surface area (Å²) in [5.41, 5.74) is 3.90. The van der Waals surface area contributed by atoms with Crippen LogP contribution in [0.5, 0.6) is 0 Å². The summed E-state index contributed by atoms with van der Waals surface area (Å²) in [6.07, 6.45) is 6.13. The second-order valence-electron chi connectivity index (χ2n) is 7.06. The Morgan fingerprint density at radius 3 is 2.89 bits per heavy atom. The van der Waals surface area contributed by atoms with Crippen LogP contribution in [0.1, 0.15) is 46.2 Å². The van der Waals surface area contributed by atoms with E-state index in [1.54, 1.807) is 0 Å². The van der Waals surface area contributed by atoms with E-state index in [1.165, 1.54) is 11.3 Å². The molecule has 1 saturated heterocycles. The molecule has 2 aromatic heterocycles. The third-order valence-corrected chi connectivity index (χ3v) is 5.66. The lowest BCUT2D eigenvalue weighted by Gasteiger charge is -2.21. The molecular weight excluding hydrogens is 358 g/mol. The van der Waals surface area contributed by atoms with E-state index in [9.17, 15) is 4.79 Å². The fraction of sp³-hybridized carbons (Fsp3) is 0.350. The van der Waals surface area contributed by atoms with Crippen LogP contribution < -0.4 is 5.32 Å². The highest BCUT2D eigenvalue weighted by molar-refractivity contribution is 7.14. The Hall–Kier alpha value is -2.51. The van der Waals surface area contributed by atoms with Gasteiger partial charge < -0.3 is 4.57 Å². The second kappa shape index (κ2) is 7.62. The predicted octanol–water partition coefficient (Wildman–Crippen LogP) is 3.77. The number of imidazole rings is 1. The first kappa shape index (κ1) is 17.9. The van der Waals surface area contributed by atoms with E-state index >= 15 is 0 Å². The minimum Gasteiger partial charge on any atom is -0.340 e. The van der Waals surface area contributed by atoms with E-state index in [4.69, 9.17) is 4.98 Å². The number of likely N-dealkylation sites (tertiary alicyclic amines) is 1. The Morgan fingerprint density at radius 1 is 1.33 bits per heavy atom. The Morgan fingerprint density at radius 2 is 2.15 bits per heavy atom. The van der Waals surface area contributed by atoms with Gasteiger partial charge in [0.05, 0.1) is 23.8 Å². The molecule has 1 aliphatic rings. The third-order valence-electron chi connectivity index (χ3n) is 4.88. The molecule has 1 fully saturated rings. The second-order valence-corrected chi connectivity index (χ2v) is 7.91. The number of benzene rings is 1. The Kier molecular flexibility index (Phi) is 5.05. The Balaban J connectivity index is 1.43. The highest BCUT2D eigenvalue weighted by Crippen LogP contribution is 2.34. The van der Waals surface area contributed by atoms with E-state index in [1.807, 2.05) is 49.1 Å². The number of rotatable bonds is 5. The van der Waals surface area contributed by atoms with Gasteiger partial charge >= 0.3 is 0 Å². The van der Waals surface area contributed by atoms with Crippen molar-refractivity contribution in [3.05, 3.63) is 64.7 Å². The first-order chi connectivity index (χ1) is 13.1. The number of thiazole rings is 1. The summed E-state index contributed by atoms with van der Waals surface area (Å²) in [6.45, 7) is 3.88. The molecule has 0 unspecified atom stereocenters. The van der Waals surface area contributed by atoms with Crippen molar-refractivity contribution in [2.45, 2.75) is 32.4 Å². The van der Waals surface area contributed by atoms with Crippen molar-refractivity contribution in [3.63, 3.8) is 0 Å². The molecule has 27 heavy (non-hydrogen) atoms. The summed E-state index contributed by atoms with van der Waals surface area (Å²) in [6, 6.07) is 7.84. The van der Waals surface area contributed by atoms with Crippen LogP contribution in [0.3, 0.4) is 0 Å². The van der Waals surface area contributed by atoms with Crippen molar-refractivity contribution in [1.29, 1.82) is 0 Å². The van der Waals surface area contributed by atoms with Gasteiger partial charge in [-0.3, -0.25) is 15.0 Å². The molecule has 140 valence electrons. The number of carbonyl (C=O) groups is 1. The van der Waals surface area contributed by atoms with E-state index in [0.29, 0.717) is 10.7 Å². The average molecular weight is 382 g/mol. The number of aromatic nitrogens is 3. The van der Waals surface area contributed by atoms with Crippen LogP contribution in [-0.2, 0) is 13.6 Å². The van der Waals surface area contributed by atoms with Crippen molar-refractivity contribution >= 4 is 22.4 Å². The number of carbonyl (C=O) groups excluding carboxylic acids is 1. The van der Waals surface area contributed by atoms with Crippen LogP contribution in [0, 0.1) is 6.92 Å². The van der Waals surface area contributed by atoms with E-state index < -0.39 is 0 Å². The molecule has 1 aliphatic heterocycles. The van der Waals surface area contributed by atoms with Crippen LogP contribution >= 0.6 is 11.3 Å². The zero-order valence-electron chi connectivity index (χ0n) is 15.6. The first-order valence-corrected chi connectivity index (χ1v) is 10.0. The highest BCUT2D eigenvalue weighted by atomic mass is 32.1.